The normalized spacial score (nSPS) is 11.2. The molecule has 0 saturated carbocycles. The monoisotopic (exact) mass is 322 g/mol. The maximum atomic E-state index is 3.46. The summed E-state index contributed by atoms with van der Waals surface area (Å²) in [7, 11) is 0. The van der Waals surface area contributed by atoms with Gasteiger partial charge in [-0.1, -0.05) is 88.7 Å². The van der Waals surface area contributed by atoms with Gasteiger partial charge in [-0.25, -0.2) is 0 Å². The van der Waals surface area contributed by atoms with Crippen LogP contribution in [0.1, 0.15) is 16.7 Å². The summed E-state index contributed by atoms with van der Waals surface area (Å²) in [4.78, 5) is 0. The topological polar surface area (TPSA) is 0 Å². The second-order valence-electron chi connectivity index (χ2n) is 4.82. The van der Waals surface area contributed by atoms with Crippen molar-refractivity contribution in [1.82, 2.24) is 0 Å². The SMILES string of the molecule is BrCc1ccc(/C=C/c2ccc3ccccc3c2)cc1. The lowest BCUT2D eigenvalue weighted by Crippen LogP contribution is -1.78. The van der Waals surface area contributed by atoms with Crippen molar-refractivity contribution in [3.8, 4) is 0 Å². The number of hydrogen-bond acceptors (Lipinski definition) is 0. The van der Waals surface area contributed by atoms with Gasteiger partial charge in [0, 0.05) is 5.33 Å². The molecule has 0 aliphatic rings. The van der Waals surface area contributed by atoms with Crippen molar-refractivity contribution in [1.29, 1.82) is 0 Å². The number of benzene rings is 3. The van der Waals surface area contributed by atoms with Crippen LogP contribution in [0.2, 0.25) is 0 Å². The Labute approximate surface area is 127 Å². The van der Waals surface area contributed by atoms with Gasteiger partial charge in [0.05, 0.1) is 0 Å². The molecular formula is C19H15Br. The van der Waals surface area contributed by atoms with Crippen LogP contribution in [0.25, 0.3) is 22.9 Å². The van der Waals surface area contributed by atoms with Crippen molar-refractivity contribution < 1.29 is 0 Å². The van der Waals surface area contributed by atoms with Crippen LogP contribution in [-0.2, 0) is 5.33 Å². The molecule has 0 unspecified atom stereocenters. The number of alkyl halides is 1. The van der Waals surface area contributed by atoms with Crippen molar-refractivity contribution >= 4 is 38.9 Å². The zero-order chi connectivity index (χ0) is 13.8. The Hall–Kier alpha value is -1.86. The lowest BCUT2D eigenvalue weighted by Gasteiger charge is -2.00. The van der Waals surface area contributed by atoms with Crippen LogP contribution in [0.3, 0.4) is 0 Å². The Morgan fingerprint density at radius 1 is 0.700 bits per heavy atom. The van der Waals surface area contributed by atoms with Gasteiger partial charge in [0.15, 0.2) is 0 Å². The van der Waals surface area contributed by atoms with Crippen LogP contribution in [0.15, 0.2) is 66.7 Å². The maximum Gasteiger partial charge on any atom is 0.0283 e. The number of rotatable bonds is 3. The van der Waals surface area contributed by atoms with Gasteiger partial charge in [-0.3, -0.25) is 0 Å². The highest BCUT2D eigenvalue weighted by Crippen LogP contribution is 2.17. The van der Waals surface area contributed by atoms with E-state index in [0.29, 0.717) is 0 Å². The van der Waals surface area contributed by atoms with Crippen molar-refractivity contribution in [3.05, 3.63) is 83.4 Å². The number of halogens is 1. The summed E-state index contributed by atoms with van der Waals surface area (Å²) in [5, 5.41) is 3.47. The molecular weight excluding hydrogens is 308 g/mol. The van der Waals surface area contributed by atoms with Gasteiger partial charge in [-0.05, 0) is 33.5 Å². The first-order valence-corrected chi connectivity index (χ1v) is 7.79. The molecule has 0 heterocycles. The Morgan fingerprint density at radius 2 is 1.35 bits per heavy atom. The summed E-state index contributed by atoms with van der Waals surface area (Å²) < 4.78 is 0. The molecule has 0 saturated heterocycles. The van der Waals surface area contributed by atoms with E-state index < -0.39 is 0 Å². The van der Waals surface area contributed by atoms with Gasteiger partial charge < -0.3 is 0 Å². The van der Waals surface area contributed by atoms with E-state index in [-0.39, 0.29) is 0 Å². The number of hydrogen-bond donors (Lipinski definition) is 0. The zero-order valence-electron chi connectivity index (χ0n) is 11.1. The van der Waals surface area contributed by atoms with Crippen molar-refractivity contribution in [2.45, 2.75) is 5.33 Å². The molecule has 0 aliphatic heterocycles. The maximum absolute atomic E-state index is 3.46. The summed E-state index contributed by atoms with van der Waals surface area (Å²) in [6.45, 7) is 0. The molecule has 3 aromatic rings. The second kappa shape index (κ2) is 6.06. The lowest BCUT2D eigenvalue weighted by atomic mass is 10.1. The Balaban J connectivity index is 1.85. The first-order chi connectivity index (χ1) is 9.85. The van der Waals surface area contributed by atoms with Crippen molar-refractivity contribution in [3.63, 3.8) is 0 Å². The van der Waals surface area contributed by atoms with Crippen LogP contribution in [0, 0.1) is 0 Å². The fourth-order valence-electron chi connectivity index (χ4n) is 2.22. The minimum atomic E-state index is 0.904. The fourth-order valence-corrected chi connectivity index (χ4v) is 2.60. The number of fused-ring (bicyclic) bond motifs is 1. The minimum absolute atomic E-state index is 0.904. The average molecular weight is 323 g/mol. The predicted molar refractivity (Wildman–Crippen MR) is 91.9 cm³/mol. The quantitative estimate of drug-likeness (QED) is 0.415. The van der Waals surface area contributed by atoms with Crippen LogP contribution >= 0.6 is 15.9 Å². The average Bonchev–Trinajstić information content (AvgIpc) is 2.53. The minimum Gasteiger partial charge on any atom is -0.0876 e. The molecule has 0 nitrogen and oxygen atoms in total. The Bertz CT molecular complexity index is 739. The van der Waals surface area contributed by atoms with Crippen molar-refractivity contribution in [2.24, 2.45) is 0 Å². The van der Waals surface area contributed by atoms with E-state index in [1.54, 1.807) is 0 Å². The van der Waals surface area contributed by atoms with Gasteiger partial charge in [-0.15, -0.1) is 0 Å². The van der Waals surface area contributed by atoms with E-state index in [0.717, 1.165) is 5.33 Å². The largest absolute Gasteiger partial charge is 0.0876 e. The molecule has 98 valence electrons. The van der Waals surface area contributed by atoms with E-state index in [4.69, 9.17) is 0 Å². The Morgan fingerprint density at radius 3 is 2.10 bits per heavy atom. The molecule has 20 heavy (non-hydrogen) atoms. The third-order valence-electron chi connectivity index (χ3n) is 3.38. The Kier molecular flexibility index (Phi) is 3.98. The van der Waals surface area contributed by atoms with E-state index in [1.165, 1.54) is 27.5 Å². The van der Waals surface area contributed by atoms with E-state index in [2.05, 4.69) is 94.8 Å². The van der Waals surface area contributed by atoms with Gasteiger partial charge >= 0.3 is 0 Å². The van der Waals surface area contributed by atoms with E-state index in [1.807, 2.05) is 0 Å². The smallest absolute Gasteiger partial charge is 0.0283 e. The summed E-state index contributed by atoms with van der Waals surface area (Å²) in [5.41, 5.74) is 3.75. The zero-order valence-corrected chi connectivity index (χ0v) is 12.7. The molecule has 0 N–H and O–H groups in total. The highest BCUT2D eigenvalue weighted by molar-refractivity contribution is 9.08. The lowest BCUT2D eigenvalue weighted by molar-refractivity contribution is 1.43. The summed E-state index contributed by atoms with van der Waals surface area (Å²) in [6.07, 6.45) is 4.32. The van der Waals surface area contributed by atoms with Gasteiger partial charge in [0.25, 0.3) is 0 Å². The molecule has 3 rings (SSSR count). The molecule has 0 aromatic heterocycles. The molecule has 0 amide bonds. The summed E-state index contributed by atoms with van der Waals surface area (Å²) in [5.74, 6) is 0. The van der Waals surface area contributed by atoms with Crippen LogP contribution < -0.4 is 0 Å². The van der Waals surface area contributed by atoms with Crippen LogP contribution in [0.5, 0.6) is 0 Å². The third kappa shape index (κ3) is 3.00. The molecule has 0 bridgehead atoms. The van der Waals surface area contributed by atoms with Gasteiger partial charge in [0.2, 0.25) is 0 Å². The highest BCUT2D eigenvalue weighted by Gasteiger charge is 1.94. The van der Waals surface area contributed by atoms with Crippen molar-refractivity contribution in [2.75, 3.05) is 0 Å². The highest BCUT2D eigenvalue weighted by atomic mass is 79.9. The van der Waals surface area contributed by atoms with Gasteiger partial charge in [0.1, 0.15) is 0 Å². The molecule has 0 fully saturated rings. The predicted octanol–water partition coefficient (Wildman–Crippen LogP) is 5.91. The van der Waals surface area contributed by atoms with Crippen LogP contribution in [-0.4, -0.2) is 0 Å². The third-order valence-corrected chi connectivity index (χ3v) is 4.02. The van der Waals surface area contributed by atoms with E-state index >= 15 is 0 Å². The molecule has 0 aliphatic carbocycles. The molecule has 0 radical (unpaired) electrons. The molecule has 0 atom stereocenters. The van der Waals surface area contributed by atoms with Crippen LogP contribution in [0.4, 0.5) is 0 Å². The molecule has 3 aromatic carbocycles. The molecule has 0 spiro atoms. The standard InChI is InChI=1S/C19H15Br/c20-14-17-9-6-15(7-10-17)5-8-16-11-12-18-3-1-2-4-19(18)13-16/h1-13H,14H2/b8-5+. The first-order valence-electron chi connectivity index (χ1n) is 6.67. The van der Waals surface area contributed by atoms with E-state index in [9.17, 15) is 0 Å². The summed E-state index contributed by atoms with van der Waals surface area (Å²) in [6, 6.07) is 23.6. The second-order valence-corrected chi connectivity index (χ2v) is 5.38. The fraction of sp³-hybridized carbons (Fsp3) is 0.0526. The summed E-state index contributed by atoms with van der Waals surface area (Å²) >= 11 is 3.46. The van der Waals surface area contributed by atoms with Gasteiger partial charge in [-0.2, -0.15) is 0 Å². The first kappa shape index (κ1) is 13.1. The molecule has 1 heteroatoms.